The minimum Gasteiger partial charge on any atom is -0.393 e. The van der Waals surface area contributed by atoms with E-state index >= 15 is 0 Å². The molecule has 19 heavy (non-hydrogen) atoms. The van der Waals surface area contributed by atoms with Crippen LogP contribution < -0.4 is 0 Å². The summed E-state index contributed by atoms with van der Waals surface area (Å²) < 4.78 is 5.28. The lowest BCUT2D eigenvalue weighted by Gasteiger charge is -2.27. The fourth-order valence-corrected chi connectivity index (χ4v) is 5.23. The van der Waals surface area contributed by atoms with Gasteiger partial charge >= 0.3 is 0 Å². The third-order valence-corrected chi connectivity index (χ3v) is 6.47. The van der Waals surface area contributed by atoms with E-state index in [1.54, 1.807) is 0 Å². The van der Waals surface area contributed by atoms with Gasteiger partial charge in [-0.3, -0.25) is 0 Å². The van der Waals surface area contributed by atoms with Gasteiger partial charge in [0, 0.05) is 16.8 Å². The summed E-state index contributed by atoms with van der Waals surface area (Å²) in [6, 6.07) is 0. The molecule has 0 bridgehead atoms. The molecule has 1 aromatic rings. The lowest BCUT2D eigenvalue weighted by molar-refractivity contribution is 0.151. The Bertz CT molecular complexity index is 386. The third kappa shape index (κ3) is 4.13. The van der Waals surface area contributed by atoms with Gasteiger partial charge < -0.3 is 9.63 Å². The van der Waals surface area contributed by atoms with Gasteiger partial charge in [-0.05, 0) is 12.8 Å². The summed E-state index contributed by atoms with van der Waals surface area (Å²) >= 11 is 3.93. The number of aliphatic hydroxyl groups excluding tert-OH is 1. The number of aliphatic hydroxyl groups is 1. The molecule has 0 spiro atoms. The topological polar surface area (TPSA) is 59.2 Å². The summed E-state index contributed by atoms with van der Waals surface area (Å²) in [4.78, 5) is 4.48. The second-order valence-corrected chi connectivity index (χ2v) is 7.40. The molecular weight excluding hydrogens is 280 g/mol. The van der Waals surface area contributed by atoms with Crippen LogP contribution >= 0.6 is 23.5 Å². The van der Waals surface area contributed by atoms with Gasteiger partial charge in [-0.1, -0.05) is 25.4 Å². The summed E-state index contributed by atoms with van der Waals surface area (Å²) in [5, 5.41) is 14.8. The maximum atomic E-state index is 9.78. The van der Waals surface area contributed by atoms with Crippen LogP contribution in [-0.4, -0.2) is 38.1 Å². The van der Waals surface area contributed by atoms with E-state index in [1.165, 1.54) is 5.75 Å². The van der Waals surface area contributed by atoms with E-state index in [1.807, 2.05) is 23.5 Å². The van der Waals surface area contributed by atoms with Gasteiger partial charge in [0.25, 0.3) is 0 Å². The highest BCUT2D eigenvalue weighted by Crippen LogP contribution is 2.42. The van der Waals surface area contributed by atoms with Gasteiger partial charge in [0.05, 0.1) is 17.8 Å². The van der Waals surface area contributed by atoms with Crippen molar-refractivity contribution < 1.29 is 9.63 Å². The number of hydrogen-bond donors (Lipinski definition) is 1. The Kier molecular flexibility index (Phi) is 6.04. The minimum absolute atomic E-state index is 0.338. The van der Waals surface area contributed by atoms with Crippen molar-refractivity contribution in [2.75, 3.05) is 11.5 Å². The first-order valence-electron chi connectivity index (χ1n) is 6.98. The molecule has 0 radical (unpaired) electrons. The largest absolute Gasteiger partial charge is 0.393 e. The Morgan fingerprint density at radius 3 is 2.89 bits per heavy atom. The fraction of sp³-hybridized carbons (Fsp3) is 0.846. The predicted molar refractivity (Wildman–Crippen MR) is 80.7 cm³/mol. The number of rotatable bonds is 6. The lowest BCUT2D eigenvalue weighted by Crippen LogP contribution is -2.19. The van der Waals surface area contributed by atoms with Crippen molar-refractivity contribution in [1.82, 2.24) is 10.1 Å². The second-order valence-electron chi connectivity index (χ2n) is 4.80. The highest BCUT2D eigenvalue weighted by atomic mass is 32.2. The molecule has 6 heteroatoms. The van der Waals surface area contributed by atoms with E-state index < -0.39 is 0 Å². The maximum Gasteiger partial charge on any atom is 0.229 e. The van der Waals surface area contributed by atoms with Crippen LogP contribution in [0.5, 0.6) is 0 Å². The molecule has 1 aliphatic heterocycles. The molecule has 0 saturated carbocycles. The number of aromatic nitrogens is 2. The summed E-state index contributed by atoms with van der Waals surface area (Å²) in [5.41, 5.74) is 0. The van der Waals surface area contributed by atoms with Crippen LogP contribution in [0.1, 0.15) is 50.1 Å². The Morgan fingerprint density at radius 2 is 2.16 bits per heavy atom. The maximum absolute atomic E-state index is 9.78. The molecule has 0 aromatic carbocycles. The summed E-state index contributed by atoms with van der Waals surface area (Å²) in [6.07, 6.45) is 2.99. The predicted octanol–water partition coefficient (Wildman–Crippen LogP) is 3.07. The van der Waals surface area contributed by atoms with Crippen molar-refractivity contribution in [3.63, 3.8) is 0 Å². The molecule has 1 saturated heterocycles. The van der Waals surface area contributed by atoms with Crippen LogP contribution in [0.3, 0.4) is 0 Å². The van der Waals surface area contributed by atoms with Crippen LogP contribution in [-0.2, 0) is 6.42 Å². The van der Waals surface area contributed by atoms with Gasteiger partial charge in [-0.25, -0.2) is 0 Å². The quantitative estimate of drug-likeness (QED) is 0.871. The van der Waals surface area contributed by atoms with Crippen LogP contribution in [0.25, 0.3) is 0 Å². The molecule has 3 atom stereocenters. The Morgan fingerprint density at radius 1 is 1.37 bits per heavy atom. The molecule has 0 aliphatic carbocycles. The minimum atomic E-state index is -0.367. The Hall–Kier alpha value is -0.200. The zero-order chi connectivity index (χ0) is 13.7. The van der Waals surface area contributed by atoms with Crippen LogP contribution in [0.2, 0.25) is 0 Å². The standard InChI is InChI=1S/C13H22N2O2S2/c1-3-5-9(16)8-11-14-13(15-17-11)12-10(4-2)18-6-7-19-12/h9-10,12,16H,3-8H2,1-2H3. The number of nitrogens with zero attached hydrogens (tertiary/aromatic N) is 2. The molecule has 3 unspecified atom stereocenters. The first kappa shape index (κ1) is 15.2. The zero-order valence-electron chi connectivity index (χ0n) is 11.5. The van der Waals surface area contributed by atoms with Crippen molar-refractivity contribution >= 4 is 23.5 Å². The number of hydrogen-bond acceptors (Lipinski definition) is 6. The zero-order valence-corrected chi connectivity index (χ0v) is 13.2. The Balaban J connectivity index is 1.99. The smallest absolute Gasteiger partial charge is 0.229 e. The monoisotopic (exact) mass is 302 g/mol. The van der Waals surface area contributed by atoms with E-state index in [4.69, 9.17) is 4.52 Å². The molecule has 1 fully saturated rings. The molecule has 1 aromatic heterocycles. The summed E-state index contributed by atoms with van der Waals surface area (Å²) in [6.45, 7) is 4.27. The molecule has 4 nitrogen and oxygen atoms in total. The fourth-order valence-electron chi connectivity index (χ4n) is 2.25. The van der Waals surface area contributed by atoms with E-state index in [0.717, 1.165) is 30.8 Å². The lowest BCUT2D eigenvalue weighted by atomic mass is 10.1. The van der Waals surface area contributed by atoms with Gasteiger partial charge in [0.1, 0.15) is 0 Å². The van der Waals surface area contributed by atoms with Crippen molar-refractivity contribution in [3.05, 3.63) is 11.7 Å². The average molecular weight is 302 g/mol. The van der Waals surface area contributed by atoms with E-state index in [9.17, 15) is 5.11 Å². The highest BCUT2D eigenvalue weighted by molar-refractivity contribution is 8.06. The van der Waals surface area contributed by atoms with Gasteiger partial charge in [-0.15, -0.1) is 11.8 Å². The van der Waals surface area contributed by atoms with Gasteiger partial charge in [0.15, 0.2) is 5.82 Å². The molecule has 1 aliphatic rings. The van der Waals surface area contributed by atoms with E-state index in [0.29, 0.717) is 22.8 Å². The van der Waals surface area contributed by atoms with E-state index in [2.05, 4.69) is 24.0 Å². The van der Waals surface area contributed by atoms with Gasteiger partial charge in [0.2, 0.25) is 5.89 Å². The highest BCUT2D eigenvalue weighted by Gasteiger charge is 2.30. The normalized spacial score (nSPS) is 25.4. The van der Waals surface area contributed by atoms with E-state index in [-0.39, 0.29) is 6.10 Å². The van der Waals surface area contributed by atoms with Gasteiger partial charge in [-0.2, -0.15) is 16.7 Å². The van der Waals surface area contributed by atoms with Crippen LogP contribution in [0.4, 0.5) is 0 Å². The molecule has 1 N–H and O–H groups in total. The second kappa shape index (κ2) is 7.55. The Labute approximate surface area is 123 Å². The molecular formula is C13H22N2O2S2. The molecule has 2 rings (SSSR count). The van der Waals surface area contributed by atoms with Crippen molar-refractivity contribution in [1.29, 1.82) is 0 Å². The van der Waals surface area contributed by atoms with Crippen molar-refractivity contribution in [2.45, 2.75) is 56.1 Å². The third-order valence-electron chi connectivity index (χ3n) is 3.22. The van der Waals surface area contributed by atoms with Crippen LogP contribution in [0.15, 0.2) is 4.52 Å². The van der Waals surface area contributed by atoms with Crippen LogP contribution in [0, 0.1) is 0 Å². The first-order chi connectivity index (χ1) is 9.24. The first-order valence-corrected chi connectivity index (χ1v) is 9.08. The molecule has 2 heterocycles. The SMILES string of the molecule is CCCC(O)Cc1nc(C2SCCSC2CC)no1. The van der Waals surface area contributed by atoms with Crippen molar-refractivity contribution in [3.8, 4) is 0 Å². The van der Waals surface area contributed by atoms with Crippen molar-refractivity contribution in [2.24, 2.45) is 0 Å². The summed E-state index contributed by atoms with van der Waals surface area (Å²) in [5.74, 6) is 3.73. The number of thioether (sulfide) groups is 2. The molecule has 108 valence electrons. The molecule has 0 amide bonds. The summed E-state index contributed by atoms with van der Waals surface area (Å²) in [7, 11) is 0. The average Bonchev–Trinajstić information content (AvgIpc) is 2.87.